The molecule has 292 valence electrons. The van der Waals surface area contributed by atoms with E-state index in [9.17, 15) is 0 Å². The molecule has 0 saturated heterocycles. The summed E-state index contributed by atoms with van der Waals surface area (Å²) in [6, 6.07) is 52.9. The van der Waals surface area contributed by atoms with Gasteiger partial charge < -0.3 is 10.3 Å². The zero-order valence-electron chi connectivity index (χ0n) is 33.4. The van der Waals surface area contributed by atoms with Gasteiger partial charge in [0.25, 0.3) is 0 Å². The van der Waals surface area contributed by atoms with E-state index >= 15 is 0 Å². The number of hydrogen-bond donors (Lipinski definition) is 2. The maximum Gasteiger partial charge on any atom is 0.138 e. The number of nitrogens with two attached hydrogens (primary N) is 1. The fourth-order valence-electron chi connectivity index (χ4n) is 7.37. The summed E-state index contributed by atoms with van der Waals surface area (Å²) in [4.78, 5) is 10.3. The van der Waals surface area contributed by atoms with Crippen molar-refractivity contribution < 1.29 is 4.42 Å². The van der Waals surface area contributed by atoms with Crippen LogP contribution in [0, 0.1) is 0 Å². The molecule has 3 heterocycles. The first-order chi connectivity index (χ1) is 29.1. The van der Waals surface area contributed by atoms with Gasteiger partial charge in [-0.2, -0.15) is 17.7 Å². The van der Waals surface area contributed by atoms with Gasteiger partial charge in [0.05, 0.1) is 28.7 Å². The van der Waals surface area contributed by atoms with Gasteiger partial charge in [0, 0.05) is 34.8 Å². The van der Waals surface area contributed by atoms with Crippen LogP contribution in [0.5, 0.6) is 0 Å². The van der Waals surface area contributed by atoms with E-state index in [4.69, 9.17) is 14.4 Å². The Morgan fingerprint density at radius 2 is 1.34 bits per heavy atom. The zero-order chi connectivity index (χ0) is 41.7. The van der Waals surface area contributed by atoms with E-state index in [-0.39, 0.29) is 0 Å². The summed E-state index contributed by atoms with van der Waals surface area (Å²) in [7, 11) is 0. The van der Waals surface area contributed by atoms with Gasteiger partial charge in [0.15, 0.2) is 0 Å². The molecule has 3 aromatic heterocycles. The number of aliphatic imine (C=N–C) groups is 1. The van der Waals surface area contributed by atoms with Crippen molar-refractivity contribution in [2.75, 3.05) is 6.26 Å². The third kappa shape index (κ3) is 8.56. The summed E-state index contributed by atoms with van der Waals surface area (Å²) in [6.07, 6.45) is 7.61. The van der Waals surface area contributed by atoms with Gasteiger partial charge in [-0.05, 0) is 82.8 Å². The SMILES string of the molecule is C=C.C=C/C(=C\C)c1ccc(CN=C(c2ccccc2)c2ccc(-n3c4cc(-c5ccccc5)cc5oc6ccccc6c6cccc3c6c54)nc2)cc1.C=NN.CS. The molecule has 0 saturated carbocycles. The van der Waals surface area contributed by atoms with E-state index in [1.54, 1.807) is 6.26 Å². The van der Waals surface area contributed by atoms with Crippen LogP contribution in [-0.4, -0.2) is 28.2 Å². The minimum absolute atomic E-state index is 0.549. The minimum atomic E-state index is 0.549. The fraction of sp³-hybridized carbons (Fsp3) is 0.0577. The number of fused-ring (bicyclic) bond motifs is 2. The van der Waals surface area contributed by atoms with Gasteiger partial charge in [-0.25, -0.2) is 4.98 Å². The molecular weight excluding hydrogens is 743 g/mol. The van der Waals surface area contributed by atoms with Crippen molar-refractivity contribution in [2.45, 2.75) is 13.5 Å². The molecule has 0 fully saturated rings. The van der Waals surface area contributed by atoms with Crippen LogP contribution < -0.4 is 5.84 Å². The van der Waals surface area contributed by atoms with Gasteiger partial charge in [0.2, 0.25) is 0 Å². The lowest BCUT2D eigenvalue weighted by Crippen LogP contribution is -2.06. The van der Waals surface area contributed by atoms with Gasteiger partial charge >= 0.3 is 0 Å². The van der Waals surface area contributed by atoms with E-state index in [0.29, 0.717) is 6.54 Å². The lowest BCUT2D eigenvalue weighted by Gasteiger charge is -2.12. The van der Waals surface area contributed by atoms with Crippen LogP contribution in [0.4, 0.5) is 0 Å². The van der Waals surface area contributed by atoms with Crippen LogP contribution >= 0.6 is 12.6 Å². The van der Waals surface area contributed by atoms with E-state index in [1.807, 2.05) is 37.4 Å². The number of hydrazone groups is 1. The Balaban J connectivity index is 0.000000790. The molecular formula is C52H47N5OS. The van der Waals surface area contributed by atoms with Crippen LogP contribution in [0.1, 0.15) is 29.2 Å². The van der Waals surface area contributed by atoms with E-state index < -0.39 is 0 Å². The maximum absolute atomic E-state index is 6.77. The van der Waals surface area contributed by atoms with Crippen LogP contribution in [0.15, 0.2) is 204 Å². The number of aromatic nitrogens is 2. The van der Waals surface area contributed by atoms with Crippen molar-refractivity contribution >= 4 is 74.4 Å². The lowest BCUT2D eigenvalue weighted by molar-refractivity contribution is 0.664. The molecule has 0 spiro atoms. The Morgan fingerprint density at radius 3 is 2.00 bits per heavy atom. The predicted octanol–water partition coefficient (Wildman–Crippen LogP) is 13.3. The molecule has 0 bridgehead atoms. The highest BCUT2D eigenvalue weighted by atomic mass is 32.1. The fourth-order valence-corrected chi connectivity index (χ4v) is 7.37. The molecule has 0 unspecified atom stereocenters. The third-order valence-corrected chi connectivity index (χ3v) is 9.90. The van der Waals surface area contributed by atoms with Crippen molar-refractivity contribution in [3.63, 3.8) is 0 Å². The van der Waals surface area contributed by atoms with Crippen LogP contribution in [0.2, 0.25) is 0 Å². The molecule has 0 radical (unpaired) electrons. The first-order valence-electron chi connectivity index (χ1n) is 19.1. The van der Waals surface area contributed by atoms with E-state index in [0.717, 1.165) is 94.2 Å². The van der Waals surface area contributed by atoms with Gasteiger partial charge in [-0.15, -0.1) is 13.2 Å². The van der Waals surface area contributed by atoms with Crippen molar-refractivity contribution in [3.8, 4) is 16.9 Å². The molecule has 6 nitrogen and oxygen atoms in total. The number of para-hydroxylation sites is 1. The predicted molar refractivity (Wildman–Crippen MR) is 257 cm³/mol. The normalized spacial score (nSPS) is 11.2. The highest BCUT2D eigenvalue weighted by Crippen LogP contribution is 2.42. The number of benzene rings is 6. The number of hydrogen-bond acceptors (Lipinski definition) is 6. The molecule has 59 heavy (non-hydrogen) atoms. The van der Waals surface area contributed by atoms with Gasteiger partial charge in [-0.3, -0.25) is 9.56 Å². The molecule has 2 N–H and O–H groups in total. The summed E-state index contributed by atoms with van der Waals surface area (Å²) >= 11 is 3.53. The quantitative estimate of drug-likeness (QED) is 0.0402. The Hall–Kier alpha value is -7.22. The molecule has 9 aromatic rings. The molecule has 7 heteroatoms. The largest absolute Gasteiger partial charge is 0.456 e. The lowest BCUT2D eigenvalue weighted by atomic mass is 10.0. The Labute approximate surface area is 351 Å². The zero-order valence-corrected chi connectivity index (χ0v) is 34.3. The number of nitrogens with zero attached hydrogens (tertiary/aromatic N) is 4. The number of pyridine rings is 1. The van der Waals surface area contributed by atoms with Gasteiger partial charge in [-0.1, -0.05) is 134 Å². The highest BCUT2D eigenvalue weighted by Gasteiger charge is 2.21. The van der Waals surface area contributed by atoms with Crippen LogP contribution in [-0.2, 0) is 6.54 Å². The van der Waals surface area contributed by atoms with Crippen LogP contribution in [0.3, 0.4) is 0 Å². The number of allylic oxidation sites excluding steroid dienone is 3. The highest BCUT2D eigenvalue weighted by molar-refractivity contribution is 7.79. The first-order valence-corrected chi connectivity index (χ1v) is 20.0. The summed E-state index contributed by atoms with van der Waals surface area (Å²) in [5.41, 5.74) is 12.4. The molecule has 6 aromatic carbocycles. The standard InChI is InChI=1S/C48H35N3O.C2H4.CH4N2.CH4S/c1-3-33(4-2)35-24-22-32(23-25-35)30-50-48(36-16-9-6-10-17-36)37-26-27-45(49-31-37)51-41-20-13-19-40-39-18-11-12-21-43(39)52-44-29-38(34-14-7-5-8-15-34)28-42(51)47(44)46(40)41;1-2;1-3-2;1-2/h3-29,31H,1,30H2,2H3;1-2H2;1-2H2;2H,1H3/b33-4+,50-48?;;;. The summed E-state index contributed by atoms with van der Waals surface area (Å²) in [5.74, 6) is 5.19. The maximum atomic E-state index is 6.77. The Bertz CT molecular complexity index is 2890. The molecule has 0 amide bonds. The topological polar surface area (TPSA) is 81.7 Å². The molecule has 0 aliphatic rings. The van der Waals surface area contributed by atoms with E-state index in [1.165, 1.54) is 0 Å². The second-order valence-corrected chi connectivity index (χ2v) is 13.1. The molecule has 0 aliphatic carbocycles. The first kappa shape index (κ1) is 41.4. The Kier molecular flexibility index (Phi) is 13.9. The number of rotatable bonds is 8. The van der Waals surface area contributed by atoms with Gasteiger partial charge in [0.1, 0.15) is 17.0 Å². The average molecular weight is 790 g/mol. The monoisotopic (exact) mass is 789 g/mol. The second-order valence-electron chi connectivity index (χ2n) is 13.1. The molecule has 9 rings (SSSR count). The number of thiol groups is 1. The molecule has 0 aliphatic heterocycles. The smallest absolute Gasteiger partial charge is 0.138 e. The summed E-state index contributed by atoms with van der Waals surface area (Å²) in [5, 5.41) is 7.22. The van der Waals surface area contributed by atoms with Crippen molar-refractivity contribution in [2.24, 2.45) is 15.9 Å². The van der Waals surface area contributed by atoms with Crippen LogP contribution in [0.25, 0.3) is 66.3 Å². The van der Waals surface area contributed by atoms with Crippen molar-refractivity contribution in [1.82, 2.24) is 9.55 Å². The van der Waals surface area contributed by atoms with Crippen molar-refractivity contribution in [1.29, 1.82) is 0 Å². The Morgan fingerprint density at radius 1 is 0.695 bits per heavy atom. The second kappa shape index (κ2) is 19.8. The third-order valence-electron chi connectivity index (χ3n) is 9.90. The molecule has 0 atom stereocenters. The summed E-state index contributed by atoms with van der Waals surface area (Å²) in [6.45, 7) is 15.4. The summed E-state index contributed by atoms with van der Waals surface area (Å²) < 4.78 is 9.04. The average Bonchev–Trinajstić information content (AvgIpc) is 3.57. The van der Waals surface area contributed by atoms with E-state index in [2.05, 4.69) is 194 Å². The van der Waals surface area contributed by atoms with Crippen molar-refractivity contribution in [3.05, 3.63) is 212 Å². The minimum Gasteiger partial charge on any atom is -0.456 e.